The minimum Gasteiger partial charge on any atom is -0.497 e. The van der Waals surface area contributed by atoms with Crippen LogP contribution in [0.3, 0.4) is 0 Å². The molecule has 0 radical (unpaired) electrons. The summed E-state index contributed by atoms with van der Waals surface area (Å²) in [6.45, 7) is 3.00. The number of ether oxygens (including phenoxy) is 2. The number of hydrogen-bond acceptors (Lipinski definition) is 6. The van der Waals surface area contributed by atoms with E-state index in [1.807, 2.05) is 48.5 Å². The number of amides is 1. The molecule has 40 heavy (non-hydrogen) atoms. The van der Waals surface area contributed by atoms with E-state index < -0.39 is 18.0 Å². The number of pyridine rings is 1. The number of allylic oxidation sites excluding steroid dienone is 1. The van der Waals surface area contributed by atoms with Crippen LogP contribution in [-0.2, 0) is 16.0 Å². The van der Waals surface area contributed by atoms with Gasteiger partial charge in [-0.1, -0.05) is 42.5 Å². The fraction of sp³-hybridized carbons (Fsp3) is 0.212. The molecule has 5 rings (SSSR count). The number of carbonyl (C=O) groups is 3. The fourth-order valence-electron chi connectivity index (χ4n) is 4.94. The Hall–Kier alpha value is -4.78. The number of rotatable bonds is 7. The molecule has 1 amide bonds. The monoisotopic (exact) mass is 534 g/mol. The van der Waals surface area contributed by atoms with Crippen LogP contribution in [0.15, 0.2) is 72.8 Å². The van der Waals surface area contributed by atoms with Crippen molar-refractivity contribution in [3.05, 3.63) is 101 Å². The molecule has 3 aromatic carbocycles. The summed E-state index contributed by atoms with van der Waals surface area (Å²) in [5, 5.41) is 3.43. The molecule has 0 saturated carbocycles. The molecule has 1 aliphatic carbocycles. The Balaban J connectivity index is 1.46. The van der Waals surface area contributed by atoms with Crippen LogP contribution in [0.4, 0.5) is 5.69 Å². The largest absolute Gasteiger partial charge is 0.497 e. The lowest BCUT2D eigenvalue weighted by atomic mass is 9.86. The van der Waals surface area contributed by atoms with Gasteiger partial charge in [-0.2, -0.15) is 0 Å². The first-order valence-corrected chi connectivity index (χ1v) is 13.2. The van der Waals surface area contributed by atoms with Gasteiger partial charge in [-0.05, 0) is 86.2 Å². The molecule has 0 bridgehead atoms. The number of Topliss-reactive ketones (excluding diaryl/α,β-unsaturated/α-hetero) is 1. The molecule has 1 unspecified atom stereocenters. The van der Waals surface area contributed by atoms with Crippen LogP contribution >= 0.6 is 0 Å². The lowest BCUT2D eigenvalue weighted by molar-refractivity contribution is -0.123. The number of hydrogen-bond donors (Lipinski definition) is 1. The quantitative estimate of drug-likeness (QED) is 0.215. The maximum atomic E-state index is 13.7. The first-order chi connectivity index (χ1) is 19.3. The number of nitrogens with zero attached hydrogens (tertiary/aromatic N) is 1. The number of benzene rings is 3. The first kappa shape index (κ1) is 26.8. The summed E-state index contributed by atoms with van der Waals surface area (Å²) in [6.07, 6.45) is 3.40. The highest BCUT2D eigenvalue weighted by Crippen LogP contribution is 2.36. The van der Waals surface area contributed by atoms with Crippen molar-refractivity contribution in [3.8, 4) is 5.75 Å². The van der Waals surface area contributed by atoms with Gasteiger partial charge in [0, 0.05) is 16.6 Å². The van der Waals surface area contributed by atoms with Gasteiger partial charge in [0.15, 0.2) is 11.9 Å². The standard InChI is InChI=1S/C33H30N2O5/c1-20(36)23-8-6-10-25(19-23)34-32(37)21(2)40-33(38)30-27-11-4-5-13-29(27)35-31-24(9-7-12-28(30)31)18-22-14-16-26(39-3)17-15-22/h4-6,8,10-11,13-19,21H,7,9,12H2,1-3H3,(H,34,37)/b24-18-. The summed E-state index contributed by atoms with van der Waals surface area (Å²) in [7, 11) is 1.64. The van der Waals surface area contributed by atoms with Gasteiger partial charge in [-0.15, -0.1) is 0 Å². The van der Waals surface area contributed by atoms with Crippen LogP contribution in [0.2, 0.25) is 0 Å². The van der Waals surface area contributed by atoms with Gasteiger partial charge in [0.25, 0.3) is 5.91 Å². The third kappa shape index (κ3) is 5.64. The normalized spacial score (nSPS) is 14.3. The molecule has 7 nitrogen and oxygen atoms in total. The zero-order chi connectivity index (χ0) is 28.2. The number of carbonyl (C=O) groups excluding carboxylic acids is 3. The van der Waals surface area contributed by atoms with E-state index in [4.69, 9.17) is 14.5 Å². The van der Waals surface area contributed by atoms with Gasteiger partial charge in [0.05, 0.1) is 23.9 Å². The summed E-state index contributed by atoms with van der Waals surface area (Å²) in [5.74, 6) is -0.377. The average Bonchev–Trinajstić information content (AvgIpc) is 2.96. The Labute approximate surface area is 232 Å². The number of anilines is 1. The molecule has 1 heterocycles. The van der Waals surface area contributed by atoms with Gasteiger partial charge in [-0.3, -0.25) is 9.59 Å². The maximum Gasteiger partial charge on any atom is 0.339 e. The smallest absolute Gasteiger partial charge is 0.339 e. The molecule has 1 aliphatic rings. The zero-order valence-electron chi connectivity index (χ0n) is 22.7. The second kappa shape index (κ2) is 11.5. The number of aromatic nitrogens is 1. The Morgan fingerprint density at radius 2 is 1.75 bits per heavy atom. The van der Waals surface area contributed by atoms with Gasteiger partial charge in [0.2, 0.25) is 0 Å². The molecule has 7 heteroatoms. The van der Waals surface area contributed by atoms with E-state index in [0.29, 0.717) is 34.1 Å². The lowest BCUT2D eigenvalue weighted by Gasteiger charge is -2.23. The van der Waals surface area contributed by atoms with Gasteiger partial charge in [-0.25, -0.2) is 9.78 Å². The van der Waals surface area contributed by atoms with Gasteiger partial charge >= 0.3 is 5.97 Å². The molecule has 1 N–H and O–H groups in total. The summed E-state index contributed by atoms with van der Waals surface area (Å²) in [5.41, 5.74) is 5.75. The molecule has 4 aromatic rings. The average molecular weight is 535 g/mol. The van der Waals surface area contributed by atoms with Crippen LogP contribution < -0.4 is 10.1 Å². The molecule has 0 aliphatic heterocycles. The number of para-hydroxylation sites is 1. The van der Waals surface area contributed by atoms with Crippen molar-refractivity contribution in [2.45, 2.75) is 39.2 Å². The molecular weight excluding hydrogens is 504 g/mol. The number of ketones is 1. The van der Waals surface area contributed by atoms with E-state index in [9.17, 15) is 14.4 Å². The first-order valence-electron chi connectivity index (χ1n) is 13.2. The predicted molar refractivity (Wildman–Crippen MR) is 155 cm³/mol. The third-order valence-electron chi connectivity index (χ3n) is 7.02. The van der Waals surface area contributed by atoms with Crippen molar-refractivity contribution < 1.29 is 23.9 Å². The molecule has 0 fully saturated rings. The van der Waals surface area contributed by atoms with Crippen LogP contribution in [0.5, 0.6) is 5.75 Å². The highest BCUT2D eigenvalue weighted by atomic mass is 16.5. The minimum atomic E-state index is -1.06. The summed E-state index contributed by atoms with van der Waals surface area (Å²) >= 11 is 0. The molecule has 1 aromatic heterocycles. The van der Waals surface area contributed by atoms with Crippen LogP contribution in [0.1, 0.15) is 64.2 Å². The SMILES string of the molecule is COc1ccc(/C=C2/CCCc3c2nc2ccccc2c3C(=O)OC(C)C(=O)Nc2cccc(C(C)=O)c2)cc1. The van der Waals surface area contributed by atoms with E-state index in [-0.39, 0.29) is 5.78 Å². The summed E-state index contributed by atoms with van der Waals surface area (Å²) in [4.78, 5) is 43.2. The van der Waals surface area contributed by atoms with E-state index in [2.05, 4.69) is 11.4 Å². The van der Waals surface area contributed by atoms with Gasteiger partial charge < -0.3 is 14.8 Å². The minimum absolute atomic E-state index is 0.106. The van der Waals surface area contributed by atoms with E-state index in [0.717, 1.165) is 41.0 Å². The predicted octanol–water partition coefficient (Wildman–Crippen LogP) is 6.51. The van der Waals surface area contributed by atoms with Crippen molar-refractivity contribution in [3.63, 3.8) is 0 Å². The Bertz CT molecular complexity index is 1640. The van der Waals surface area contributed by atoms with Crippen LogP contribution in [0, 0.1) is 0 Å². The van der Waals surface area contributed by atoms with Crippen molar-refractivity contribution in [2.24, 2.45) is 0 Å². The van der Waals surface area contributed by atoms with Crippen molar-refractivity contribution >= 4 is 45.9 Å². The van der Waals surface area contributed by atoms with Crippen LogP contribution in [-0.4, -0.2) is 35.9 Å². The van der Waals surface area contributed by atoms with Crippen molar-refractivity contribution in [2.75, 3.05) is 12.4 Å². The number of methoxy groups -OCH3 is 1. The maximum absolute atomic E-state index is 13.7. The van der Waals surface area contributed by atoms with Crippen LogP contribution in [0.25, 0.3) is 22.6 Å². The summed E-state index contributed by atoms with van der Waals surface area (Å²) in [6, 6.07) is 21.9. The summed E-state index contributed by atoms with van der Waals surface area (Å²) < 4.78 is 11.0. The molecule has 1 atom stereocenters. The molecule has 0 spiro atoms. The second-order valence-corrected chi connectivity index (χ2v) is 9.80. The van der Waals surface area contributed by atoms with E-state index in [1.165, 1.54) is 13.8 Å². The number of fused-ring (bicyclic) bond motifs is 2. The highest BCUT2D eigenvalue weighted by molar-refractivity contribution is 6.08. The topological polar surface area (TPSA) is 94.6 Å². The molecular formula is C33H30N2O5. The Morgan fingerprint density at radius 3 is 2.50 bits per heavy atom. The number of nitrogens with one attached hydrogen (secondary N) is 1. The Kier molecular flexibility index (Phi) is 7.73. The molecule has 0 saturated heterocycles. The lowest BCUT2D eigenvalue weighted by Crippen LogP contribution is -2.30. The van der Waals surface area contributed by atoms with Crippen molar-refractivity contribution in [1.82, 2.24) is 4.98 Å². The highest BCUT2D eigenvalue weighted by Gasteiger charge is 2.28. The second-order valence-electron chi connectivity index (χ2n) is 9.80. The Morgan fingerprint density at radius 1 is 0.975 bits per heavy atom. The van der Waals surface area contributed by atoms with E-state index in [1.54, 1.807) is 31.4 Å². The molecule has 202 valence electrons. The third-order valence-corrected chi connectivity index (χ3v) is 7.02. The van der Waals surface area contributed by atoms with E-state index >= 15 is 0 Å². The number of esters is 1. The van der Waals surface area contributed by atoms with Crippen molar-refractivity contribution in [1.29, 1.82) is 0 Å². The zero-order valence-corrected chi connectivity index (χ0v) is 22.7. The fourth-order valence-corrected chi connectivity index (χ4v) is 4.94. The van der Waals surface area contributed by atoms with Gasteiger partial charge in [0.1, 0.15) is 5.75 Å².